The summed E-state index contributed by atoms with van der Waals surface area (Å²) in [5, 5.41) is 0. The molecule has 2 aromatic carbocycles. The molecule has 0 atom stereocenters. The van der Waals surface area contributed by atoms with Gasteiger partial charge < -0.3 is 9.62 Å². The summed E-state index contributed by atoms with van der Waals surface area (Å²) in [6.07, 6.45) is 0. The van der Waals surface area contributed by atoms with E-state index in [1.54, 1.807) is 0 Å². The molecule has 0 aliphatic rings. The van der Waals surface area contributed by atoms with Crippen LogP contribution in [-0.4, -0.2) is 51.3 Å². The standard InChI is InChI=1S/C16H22B2N2/c1-19(2)17(15-11-7-5-8-12-15)18(20(3)4)16-13-9-6-10-14-16/h5-14H,1-4H3. The first-order chi connectivity index (χ1) is 9.61. The van der Waals surface area contributed by atoms with Crippen LogP contribution in [0.3, 0.4) is 0 Å². The fraction of sp³-hybridized carbons (Fsp3) is 0.250. The Morgan fingerprint density at radius 3 is 1.10 bits per heavy atom. The molecule has 102 valence electrons. The summed E-state index contributed by atoms with van der Waals surface area (Å²) < 4.78 is 0. The van der Waals surface area contributed by atoms with Gasteiger partial charge in [0.15, 0.2) is 0 Å². The van der Waals surface area contributed by atoms with Gasteiger partial charge >= 0.3 is 0 Å². The predicted molar refractivity (Wildman–Crippen MR) is 91.0 cm³/mol. The van der Waals surface area contributed by atoms with Gasteiger partial charge in [-0.3, -0.25) is 0 Å². The van der Waals surface area contributed by atoms with Gasteiger partial charge in [0.2, 0.25) is 13.5 Å². The largest absolute Gasteiger partial charge is 0.348 e. The minimum Gasteiger partial charge on any atom is -0.348 e. The van der Waals surface area contributed by atoms with Crippen LogP contribution in [0.2, 0.25) is 0 Å². The summed E-state index contributed by atoms with van der Waals surface area (Å²) in [4.78, 5) is 4.60. The van der Waals surface area contributed by atoms with Gasteiger partial charge in [0.1, 0.15) is 0 Å². The predicted octanol–water partition coefficient (Wildman–Crippen LogP) is 0.985. The Bertz CT molecular complexity index is 465. The van der Waals surface area contributed by atoms with Crippen molar-refractivity contribution >= 4 is 24.4 Å². The molecule has 0 fully saturated rings. The zero-order chi connectivity index (χ0) is 14.5. The quantitative estimate of drug-likeness (QED) is 0.743. The molecule has 2 aromatic rings. The maximum absolute atomic E-state index is 2.30. The zero-order valence-electron chi connectivity index (χ0n) is 12.8. The summed E-state index contributed by atoms with van der Waals surface area (Å²) in [6, 6.07) is 21.5. The molecule has 0 saturated heterocycles. The van der Waals surface area contributed by atoms with Gasteiger partial charge in [-0.1, -0.05) is 71.6 Å². The Balaban J connectivity index is 2.44. The van der Waals surface area contributed by atoms with Crippen LogP contribution in [0.25, 0.3) is 0 Å². The van der Waals surface area contributed by atoms with Crippen LogP contribution in [0.4, 0.5) is 0 Å². The van der Waals surface area contributed by atoms with Crippen molar-refractivity contribution in [1.29, 1.82) is 0 Å². The highest BCUT2D eigenvalue weighted by atomic mass is 15.0. The Labute approximate surface area is 123 Å². The minimum atomic E-state index is 0.327. The van der Waals surface area contributed by atoms with E-state index in [2.05, 4.69) is 98.5 Å². The Morgan fingerprint density at radius 2 is 0.850 bits per heavy atom. The molecule has 2 rings (SSSR count). The fourth-order valence-corrected chi connectivity index (χ4v) is 2.83. The summed E-state index contributed by atoms with van der Waals surface area (Å²) >= 11 is 0. The molecule has 0 radical (unpaired) electrons. The number of nitrogens with zero attached hydrogens (tertiary/aromatic N) is 2. The number of rotatable bonds is 5. The average Bonchev–Trinajstić information content (AvgIpc) is 2.45. The second-order valence-corrected chi connectivity index (χ2v) is 5.64. The highest BCUT2D eigenvalue weighted by molar-refractivity contribution is 7.30. The smallest absolute Gasteiger partial charge is 0.247 e. The van der Waals surface area contributed by atoms with Gasteiger partial charge in [-0.15, -0.1) is 0 Å². The van der Waals surface area contributed by atoms with Crippen molar-refractivity contribution in [3.8, 4) is 0 Å². The van der Waals surface area contributed by atoms with Crippen LogP contribution in [0, 0.1) is 0 Å². The van der Waals surface area contributed by atoms with E-state index in [9.17, 15) is 0 Å². The molecule has 0 N–H and O–H groups in total. The molecule has 4 heteroatoms. The van der Waals surface area contributed by atoms with E-state index in [1.807, 2.05) is 0 Å². The third kappa shape index (κ3) is 3.33. The van der Waals surface area contributed by atoms with Crippen LogP contribution in [0.5, 0.6) is 0 Å². The lowest BCUT2D eigenvalue weighted by Gasteiger charge is -2.32. The third-order valence-corrected chi connectivity index (χ3v) is 3.69. The fourth-order valence-electron chi connectivity index (χ4n) is 2.83. The maximum atomic E-state index is 2.30. The minimum absolute atomic E-state index is 0.327. The number of benzene rings is 2. The van der Waals surface area contributed by atoms with Crippen molar-refractivity contribution in [2.75, 3.05) is 28.2 Å². The Kier molecular flexibility index (Phi) is 5.05. The number of hydrogen-bond acceptors (Lipinski definition) is 2. The lowest BCUT2D eigenvalue weighted by Crippen LogP contribution is -2.66. The van der Waals surface area contributed by atoms with Crippen molar-refractivity contribution in [3.63, 3.8) is 0 Å². The van der Waals surface area contributed by atoms with Gasteiger partial charge in [0, 0.05) is 0 Å². The van der Waals surface area contributed by atoms with Crippen LogP contribution in [0.15, 0.2) is 60.7 Å². The summed E-state index contributed by atoms with van der Waals surface area (Å²) in [6.45, 7) is 0.655. The third-order valence-electron chi connectivity index (χ3n) is 3.69. The van der Waals surface area contributed by atoms with Crippen LogP contribution >= 0.6 is 0 Å². The molecule has 0 aliphatic carbocycles. The topological polar surface area (TPSA) is 6.48 Å². The first kappa shape index (κ1) is 14.9. The summed E-state index contributed by atoms with van der Waals surface area (Å²) in [7, 11) is 8.60. The van der Waals surface area contributed by atoms with Crippen LogP contribution < -0.4 is 10.9 Å². The average molecular weight is 264 g/mol. The van der Waals surface area contributed by atoms with E-state index < -0.39 is 0 Å². The van der Waals surface area contributed by atoms with Gasteiger partial charge in [-0.25, -0.2) is 0 Å². The van der Waals surface area contributed by atoms with Crippen molar-refractivity contribution in [3.05, 3.63) is 60.7 Å². The lowest BCUT2D eigenvalue weighted by atomic mass is 9.15. The van der Waals surface area contributed by atoms with Crippen molar-refractivity contribution in [1.82, 2.24) is 9.62 Å². The molecule has 0 amide bonds. The summed E-state index contributed by atoms with van der Waals surface area (Å²) in [5.41, 5.74) is 2.69. The second-order valence-electron chi connectivity index (χ2n) is 5.64. The molecule has 0 heterocycles. The first-order valence-corrected chi connectivity index (χ1v) is 7.04. The molecular formula is C16H22B2N2. The molecule has 0 spiro atoms. The lowest BCUT2D eigenvalue weighted by molar-refractivity contribution is 0.632. The first-order valence-electron chi connectivity index (χ1n) is 7.04. The Morgan fingerprint density at radius 1 is 0.550 bits per heavy atom. The van der Waals surface area contributed by atoms with Gasteiger partial charge in [-0.2, -0.15) is 0 Å². The molecule has 0 aliphatic heterocycles. The van der Waals surface area contributed by atoms with E-state index >= 15 is 0 Å². The van der Waals surface area contributed by atoms with Crippen molar-refractivity contribution in [2.24, 2.45) is 0 Å². The zero-order valence-corrected chi connectivity index (χ0v) is 12.8. The maximum Gasteiger partial charge on any atom is 0.247 e. The van der Waals surface area contributed by atoms with E-state index in [0.717, 1.165) is 0 Å². The molecule has 0 saturated carbocycles. The monoisotopic (exact) mass is 264 g/mol. The van der Waals surface area contributed by atoms with E-state index in [-0.39, 0.29) is 0 Å². The molecule has 0 bridgehead atoms. The van der Waals surface area contributed by atoms with Gasteiger partial charge in [0.25, 0.3) is 0 Å². The molecule has 2 nitrogen and oxygen atoms in total. The van der Waals surface area contributed by atoms with Crippen LogP contribution in [0.1, 0.15) is 0 Å². The Hall–Kier alpha value is -1.51. The SMILES string of the molecule is CN(C)B(B(c1ccccc1)N(C)C)c1ccccc1. The van der Waals surface area contributed by atoms with Crippen molar-refractivity contribution in [2.45, 2.75) is 0 Å². The number of hydrogen-bond donors (Lipinski definition) is 0. The van der Waals surface area contributed by atoms with Crippen LogP contribution in [-0.2, 0) is 0 Å². The highest BCUT2D eigenvalue weighted by Gasteiger charge is 2.36. The second kappa shape index (κ2) is 6.78. The molecular weight excluding hydrogens is 242 g/mol. The van der Waals surface area contributed by atoms with Gasteiger partial charge in [0.05, 0.1) is 0 Å². The van der Waals surface area contributed by atoms with E-state index in [1.165, 1.54) is 10.9 Å². The normalized spacial score (nSPS) is 10.9. The highest BCUT2D eigenvalue weighted by Crippen LogP contribution is 2.02. The van der Waals surface area contributed by atoms with E-state index in [4.69, 9.17) is 0 Å². The summed E-state index contributed by atoms with van der Waals surface area (Å²) in [5.74, 6) is 0. The molecule has 0 aromatic heterocycles. The van der Waals surface area contributed by atoms with Gasteiger partial charge in [-0.05, 0) is 28.2 Å². The van der Waals surface area contributed by atoms with E-state index in [0.29, 0.717) is 13.5 Å². The molecule has 0 unspecified atom stereocenters. The van der Waals surface area contributed by atoms with Crippen molar-refractivity contribution < 1.29 is 0 Å². The molecule has 20 heavy (non-hydrogen) atoms.